The molecule has 0 saturated heterocycles. The number of aryl methyl sites for hydroxylation is 2. The lowest BCUT2D eigenvalue weighted by Crippen LogP contribution is -2.24. The van der Waals surface area contributed by atoms with Crippen molar-refractivity contribution in [3.05, 3.63) is 28.8 Å². The highest BCUT2D eigenvalue weighted by Crippen LogP contribution is 2.16. The number of rotatable bonds is 3. The van der Waals surface area contributed by atoms with Gasteiger partial charge in [0.1, 0.15) is 0 Å². The van der Waals surface area contributed by atoms with Crippen LogP contribution in [0.1, 0.15) is 20.9 Å². The first-order valence-corrected chi connectivity index (χ1v) is 4.76. The summed E-state index contributed by atoms with van der Waals surface area (Å²) in [4.78, 5) is 12.5. The van der Waals surface area contributed by atoms with E-state index in [1.54, 1.807) is 6.08 Å². The number of carbonyl (C=O) groups excluding carboxylic acids is 1. The maximum absolute atomic E-state index is 11.5. The molecule has 0 unspecified atom stereocenters. The third-order valence-corrected chi connectivity index (χ3v) is 2.51. The molecule has 1 aromatic rings. The van der Waals surface area contributed by atoms with E-state index in [1.807, 2.05) is 13.8 Å². The van der Waals surface area contributed by atoms with Gasteiger partial charge in [-0.15, -0.1) is 6.58 Å². The highest BCUT2D eigenvalue weighted by Gasteiger charge is 2.13. The van der Waals surface area contributed by atoms with Crippen LogP contribution in [0.3, 0.4) is 0 Å². The van der Waals surface area contributed by atoms with E-state index in [0.29, 0.717) is 12.1 Å². The van der Waals surface area contributed by atoms with Crippen molar-refractivity contribution in [3.63, 3.8) is 0 Å². The van der Waals surface area contributed by atoms with Gasteiger partial charge in [-0.05, 0) is 25.4 Å². The van der Waals surface area contributed by atoms with Crippen molar-refractivity contribution >= 4 is 17.4 Å². The van der Waals surface area contributed by atoms with Gasteiger partial charge in [-0.2, -0.15) is 4.37 Å². The topological polar surface area (TPSA) is 42.0 Å². The number of hydrogen-bond donors (Lipinski definition) is 1. The van der Waals surface area contributed by atoms with Gasteiger partial charge in [-0.3, -0.25) is 4.79 Å². The van der Waals surface area contributed by atoms with Crippen molar-refractivity contribution in [3.8, 4) is 0 Å². The molecule has 70 valence electrons. The maximum atomic E-state index is 11.5. The average molecular weight is 196 g/mol. The Bertz CT molecular complexity index is 311. The first-order chi connectivity index (χ1) is 6.16. The van der Waals surface area contributed by atoms with Crippen LogP contribution in [-0.4, -0.2) is 16.8 Å². The Kier molecular flexibility index (Phi) is 3.19. The Morgan fingerprint density at radius 3 is 2.85 bits per heavy atom. The van der Waals surface area contributed by atoms with Crippen LogP contribution in [0.5, 0.6) is 0 Å². The Balaban J connectivity index is 2.81. The van der Waals surface area contributed by atoms with Crippen LogP contribution in [0, 0.1) is 13.8 Å². The quantitative estimate of drug-likeness (QED) is 0.747. The van der Waals surface area contributed by atoms with E-state index in [4.69, 9.17) is 0 Å². The lowest BCUT2D eigenvalue weighted by molar-refractivity contribution is 0.0957. The summed E-state index contributed by atoms with van der Waals surface area (Å²) < 4.78 is 4.10. The minimum absolute atomic E-state index is 0.0661. The number of hydrogen-bond acceptors (Lipinski definition) is 3. The largest absolute Gasteiger partial charge is 0.348 e. The van der Waals surface area contributed by atoms with Crippen LogP contribution in [0.2, 0.25) is 0 Å². The molecule has 1 rings (SSSR count). The summed E-state index contributed by atoms with van der Waals surface area (Å²) >= 11 is 1.36. The van der Waals surface area contributed by atoms with Gasteiger partial charge in [0.05, 0.1) is 11.3 Å². The molecule has 0 radical (unpaired) electrons. The zero-order valence-electron chi connectivity index (χ0n) is 7.76. The fourth-order valence-corrected chi connectivity index (χ4v) is 1.76. The lowest BCUT2D eigenvalue weighted by atomic mass is 10.2. The SMILES string of the molecule is C=CCNC(=O)c1c(C)nsc1C. The van der Waals surface area contributed by atoms with Gasteiger partial charge in [-0.25, -0.2) is 0 Å². The van der Waals surface area contributed by atoms with E-state index in [0.717, 1.165) is 10.6 Å². The molecule has 0 saturated carbocycles. The van der Waals surface area contributed by atoms with Gasteiger partial charge in [0.2, 0.25) is 0 Å². The van der Waals surface area contributed by atoms with E-state index >= 15 is 0 Å². The predicted molar refractivity (Wildman–Crippen MR) is 54.1 cm³/mol. The standard InChI is InChI=1S/C9H12N2OS/c1-4-5-10-9(12)8-6(2)11-13-7(8)3/h4H,1,5H2,2-3H3,(H,10,12). The Morgan fingerprint density at radius 2 is 2.38 bits per heavy atom. The first-order valence-electron chi connectivity index (χ1n) is 3.98. The number of carbonyl (C=O) groups is 1. The highest BCUT2D eigenvalue weighted by molar-refractivity contribution is 7.06. The van der Waals surface area contributed by atoms with Crippen molar-refractivity contribution in [1.82, 2.24) is 9.69 Å². The second-order valence-corrected chi connectivity index (χ2v) is 3.68. The fourth-order valence-electron chi connectivity index (χ4n) is 1.06. The molecule has 0 spiro atoms. The van der Waals surface area contributed by atoms with Crippen LogP contribution in [0.4, 0.5) is 0 Å². The molecule has 0 aromatic carbocycles. The van der Waals surface area contributed by atoms with Crippen LogP contribution < -0.4 is 5.32 Å². The van der Waals surface area contributed by atoms with Crippen LogP contribution in [0.25, 0.3) is 0 Å². The van der Waals surface area contributed by atoms with Gasteiger partial charge >= 0.3 is 0 Å². The minimum Gasteiger partial charge on any atom is -0.348 e. The van der Waals surface area contributed by atoms with Crippen LogP contribution in [0.15, 0.2) is 12.7 Å². The van der Waals surface area contributed by atoms with E-state index in [2.05, 4.69) is 16.3 Å². The van der Waals surface area contributed by atoms with Crippen molar-refractivity contribution in [2.24, 2.45) is 0 Å². The third kappa shape index (κ3) is 2.15. The predicted octanol–water partition coefficient (Wildman–Crippen LogP) is 1.68. The van der Waals surface area contributed by atoms with Crippen molar-refractivity contribution < 1.29 is 4.79 Å². The summed E-state index contributed by atoms with van der Waals surface area (Å²) in [6.45, 7) is 7.76. The molecule has 1 aromatic heterocycles. The zero-order chi connectivity index (χ0) is 9.84. The third-order valence-electron chi connectivity index (χ3n) is 1.67. The molecule has 3 nitrogen and oxygen atoms in total. The molecule has 0 atom stereocenters. The first kappa shape index (κ1) is 9.92. The van der Waals surface area contributed by atoms with E-state index in [9.17, 15) is 4.79 Å². The monoisotopic (exact) mass is 196 g/mol. The van der Waals surface area contributed by atoms with E-state index < -0.39 is 0 Å². The molecule has 13 heavy (non-hydrogen) atoms. The molecule has 0 aliphatic heterocycles. The summed E-state index contributed by atoms with van der Waals surface area (Å²) in [5.41, 5.74) is 1.50. The Hall–Kier alpha value is -1.16. The Morgan fingerprint density at radius 1 is 1.69 bits per heavy atom. The van der Waals surface area contributed by atoms with Crippen molar-refractivity contribution in [1.29, 1.82) is 0 Å². The van der Waals surface area contributed by atoms with E-state index in [1.165, 1.54) is 11.5 Å². The maximum Gasteiger partial charge on any atom is 0.254 e. The molecule has 1 amide bonds. The minimum atomic E-state index is -0.0661. The normalized spacial score (nSPS) is 9.69. The number of nitrogens with zero attached hydrogens (tertiary/aromatic N) is 1. The molecule has 0 fully saturated rings. The summed E-state index contributed by atoms with van der Waals surface area (Å²) in [6, 6.07) is 0. The number of amides is 1. The molecule has 0 aliphatic rings. The molecule has 4 heteroatoms. The highest BCUT2D eigenvalue weighted by atomic mass is 32.1. The molecule has 0 aliphatic carbocycles. The van der Waals surface area contributed by atoms with Crippen LogP contribution in [-0.2, 0) is 0 Å². The summed E-state index contributed by atoms with van der Waals surface area (Å²) in [7, 11) is 0. The van der Waals surface area contributed by atoms with Gasteiger partial charge in [0, 0.05) is 11.4 Å². The van der Waals surface area contributed by atoms with Gasteiger partial charge in [-0.1, -0.05) is 6.08 Å². The molecular weight excluding hydrogens is 184 g/mol. The van der Waals surface area contributed by atoms with Crippen molar-refractivity contribution in [2.45, 2.75) is 13.8 Å². The van der Waals surface area contributed by atoms with E-state index in [-0.39, 0.29) is 5.91 Å². The molecule has 1 heterocycles. The summed E-state index contributed by atoms with van der Waals surface area (Å²) in [6.07, 6.45) is 1.66. The average Bonchev–Trinajstić information content (AvgIpc) is 2.42. The number of nitrogens with one attached hydrogen (secondary N) is 1. The lowest BCUT2D eigenvalue weighted by Gasteiger charge is -2.01. The summed E-state index contributed by atoms with van der Waals surface area (Å²) in [5, 5.41) is 2.73. The second-order valence-electron chi connectivity index (χ2n) is 2.70. The second kappa shape index (κ2) is 4.18. The molecule has 1 N–H and O–H groups in total. The fraction of sp³-hybridized carbons (Fsp3) is 0.333. The van der Waals surface area contributed by atoms with Gasteiger partial charge in [0.25, 0.3) is 5.91 Å². The Labute approximate surface area is 81.6 Å². The van der Waals surface area contributed by atoms with Crippen molar-refractivity contribution in [2.75, 3.05) is 6.54 Å². The smallest absolute Gasteiger partial charge is 0.254 e. The molecular formula is C9H12N2OS. The number of aromatic nitrogens is 1. The zero-order valence-corrected chi connectivity index (χ0v) is 8.57. The summed E-state index contributed by atoms with van der Waals surface area (Å²) in [5.74, 6) is -0.0661. The molecule has 0 bridgehead atoms. The van der Waals surface area contributed by atoms with Gasteiger partial charge < -0.3 is 5.32 Å². The van der Waals surface area contributed by atoms with Crippen LogP contribution >= 0.6 is 11.5 Å². The van der Waals surface area contributed by atoms with Gasteiger partial charge in [0.15, 0.2) is 0 Å².